The third kappa shape index (κ3) is 3.03. The summed E-state index contributed by atoms with van der Waals surface area (Å²) < 4.78 is 14.1. The van der Waals surface area contributed by atoms with Crippen molar-refractivity contribution < 1.29 is 9.18 Å². The van der Waals surface area contributed by atoms with Gasteiger partial charge in [0, 0.05) is 4.88 Å². The number of amides is 1. The van der Waals surface area contributed by atoms with Crippen LogP contribution in [0.5, 0.6) is 0 Å². The Hall–Kier alpha value is -1.21. The summed E-state index contributed by atoms with van der Waals surface area (Å²) in [7, 11) is 0. The average Bonchev–Trinajstić information content (AvgIpc) is 2.96. The van der Waals surface area contributed by atoms with Crippen molar-refractivity contribution in [2.24, 2.45) is 0 Å². The fraction of sp³-hybridized carbons (Fsp3) is 0. The standard InChI is InChI=1S/C14H7ClFNOS3/c15-12-6-5-10(20-12)7-11-13(18)17(14(19)21-11)9-3-1-8(16)2-4-9/h1-7H/b11-7+. The predicted molar refractivity (Wildman–Crippen MR) is 91.4 cm³/mol. The maximum absolute atomic E-state index is 13.0. The summed E-state index contributed by atoms with van der Waals surface area (Å²) in [4.78, 5) is 15.3. The summed E-state index contributed by atoms with van der Waals surface area (Å²) in [6.07, 6.45) is 1.76. The highest BCUT2D eigenvalue weighted by molar-refractivity contribution is 8.27. The number of hydrogen-bond donors (Lipinski definition) is 0. The Balaban J connectivity index is 1.92. The number of halogens is 2. The van der Waals surface area contributed by atoms with Crippen LogP contribution < -0.4 is 4.90 Å². The molecule has 1 aliphatic rings. The lowest BCUT2D eigenvalue weighted by atomic mass is 10.3. The molecule has 1 aromatic heterocycles. The molecule has 106 valence electrons. The summed E-state index contributed by atoms with van der Waals surface area (Å²) in [6.45, 7) is 0. The van der Waals surface area contributed by atoms with Gasteiger partial charge in [0.15, 0.2) is 4.32 Å². The van der Waals surface area contributed by atoms with E-state index in [9.17, 15) is 9.18 Å². The first-order valence-corrected chi connectivity index (χ1v) is 8.25. The fourth-order valence-electron chi connectivity index (χ4n) is 1.82. The molecular weight excluding hydrogens is 349 g/mol. The van der Waals surface area contributed by atoms with Crippen LogP contribution in [-0.4, -0.2) is 10.2 Å². The first-order chi connectivity index (χ1) is 10.0. The average molecular weight is 356 g/mol. The van der Waals surface area contributed by atoms with E-state index in [1.54, 1.807) is 12.1 Å². The molecule has 0 atom stereocenters. The smallest absolute Gasteiger partial charge is 0.268 e. The largest absolute Gasteiger partial charge is 0.270 e. The van der Waals surface area contributed by atoms with Crippen LogP contribution in [0.25, 0.3) is 6.08 Å². The lowest BCUT2D eigenvalue weighted by Crippen LogP contribution is -2.27. The van der Waals surface area contributed by atoms with Crippen molar-refractivity contribution >= 4 is 68.9 Å². The molecule has 0 unspecified atom stereocenters. The zero-order chi connectivity index (χ0) is 15.0. The van der Waals surface area contributed by atoms with Crippen LogP contribution in [0.1, 0.15) is 4.88 Å². The maximum Gasteiger partial charge on any atom is 0.270 e. The number of thiophene rings is 1. The lowest BCUT2D eigenvalue weighted by Gasteiger charge is -2.14. The first-order valence-electron chi connectivity index (χ1n) is 5.83. The molecular formula is C14H7ClFNOS3. The molecule has 2 aromatic rings. The minimum Gasteiger partial charge on any atom is -0.268 e. The molecule has 7 heteroatoms. The molecule has 0 bridgehead atoms. The predicted octanol–water partition coefficient (Wildman–Crippen LogP) is 4.95. The van der Waals surface area contributed by atoms with Gasteiger partial charge >= 0.3 is 0 Å². The zero-order valence-corrected chi connectivity index (χ0v) is 13.6. The van der Waals surface area contributed by atoms with E-state index in [0.29, 0.717) is 19.2 Å². The Morgan fingerprint density at radius 3 is 2.52 bits per heavy atom. The number of carbonyl (C=O) groups is 1. The number of thioether (sulfide) groups is 1. The van der Waals surface area contributed by atoms with Crippen LogP contribution >= 0.6 is 46.9 Å². The van der Waals surface area contributed by atoms with E-state index in [1.165, 1.54) is 52.3 Å². The van der Waals surface area contributed by atoms with Crippen molar-refractivity contribution in [3.8, 4) is 0 Å². The van der Waals surface area contributed by atoms with Crippen LogP contribution in [0.2, 0.25) is 4.34 Å². The van der Waals surface area contributed by atoms with E-state index >= 15 is 0 Å². The molecule has 1 amide bonds. The Bertz CT molecular complexity index is 754. The summed E-state index contributed by atoms with van der Waals surface area (Å²) in [5.74, 6) is -0.561. The highest BCUT2D eigenvalue weighted by Gasteiger charge is 2.33. The molecule has 1 aromatic carbocycles. The van der Waals surface area contributed by atoms with Gasteiger partial charge in [-0.1, -0.05) is 35.6 Å². The second kappa shape index (κ2) is 5.88. The topological polar surface area (TPSA) is 20.3 Å². The minimum atomic E-state index is -0.354. The van der Waals surface area contributed by atoms with E-state index in [4.69, 9.17) is 23.8 Å². The van der Waals surface area contributed by atoms with Crippen LogP contribution in [-0.2, 0) is 4.79 Å². The second-order valence-corrected chi connectivity index (χ2v) is 7.56. The van der Waals surface area contributed by atoms with Crippen molar-refractivity contribution in [1.82, 2.24) is 0 Å². The van der Waals surface area contributed by atoms with Gasteiger partial charge in [0.25, 0.3) is 5.91 Å². The first kappa shape index (κ1) is 14.7. The molecule has 0 saturated carbocycles. The quantitative estimate of drug-likeness (QED) is 0.561. The van der Waals surface area contributed by atoms with Gasteiger partial charge in [0.2, 0.25) is 0 Å². The summed E-state index contributed by atoms with van der Waals surface area (Å²) in [5.41, 5.74) is 0.562. The highest BCUT2D eigenvalue weighted by atomic mass is 35.5. The van der Waals surface area contributed by atoms with Gasteiger partial charge in [-0.3, -0.25) is 9.69 Å². The molecule has 0 spiro atoms. The van der Waals surface area contributed by atoms with Gasteiger partial charge in [0.05, 0.1) is 14.9 Å². The van der Waals surface area contributed by atoms with E-state index < -0.39 is 0 Å². The molecule has 3 rings (SSSR count). The number of thiocarbonyl (C=S) groups is 1. The number of benzene rings is 1. The Morgan fingerprint density at radius 1 is 1.19 bits per heavy atom. The minimum absolute atomic E-state index is 0.207. The Labute approximate surface area is 139 Å². The normalized spacial score (nSPS) is 17.0. The van der Waals surface area contributed by atoms with Crippen molar-refractivity contribution in [3.63, 3.8) is 0 Å². The zero-order valence-electron chi connectivity index (χ0n) is 10.4. The van der Waals surface area contributed by atoms with Gasteiger partial charge in [0.1, 0.15) is 5.82 Å². The molecule has 1 aliphatic heterocycles. The lowest BCUT2D eigenvalue weighted by molar-refractivity contribution is -0.113. The summed E-state index contributed by atoms with van der Waals surface area (Å²) >= 11 is 13.7. The van der Waals surface area contributed by atoms with Gasteiger partial charge in [-0.05, 0) is 42.5 Å². The van der Waals surface area contributed by atoms with E-state index in [2.05, 4.69) is 0 Å². The van der Waals surface area contributed by atoms with Gasteiger partial charge in [-0.2, -0.15) is 0 Å². The Kier molecular flexibility index (Phi) is 4.12. The van der Waals surface area contributed by atoms with Crippen LogP contribution in [0.3, 0.4) is 0 Å². The summed E-state index contributed by atoms with van der Waals surface area (Å²) in [5, 5.41) is 0. The molecule has 1 saturated heterocycles. The third-order valence-corrected chi connectivity index (χ3v) is 5.23. The highest BCUT2D eigenvalue weighted by Crippen LogP contribution is 2.37. The second-order valence-electron chi connectivity index (χ2n) is 4.14. The maximum atomic E-state index is 13.0. The molecule has 0 aliphatic carbocycles. The molecule has 1 fully saturated rings. The SMILES string of the molecule is O=C1/C(=C\c2ccc(Cl)s2)SC(=S)N1c1ccc(F)cc1. The molecule has 0 N–H and O–H groups in total. The van der Waals surface area contributed by atoms with Crippen molar-refractivity contribution in [3.05, 3.63) is 56.3 Å². The molecule has 21 heavy (non-hydrogen) atoms. The van der Waals surface area contributed by atoms with E-state index in [-0.39, 0.29) is 11.7 Å². The van der Waals surface area contributed by atoms with Crippen LogP contribution in [0.4, 0.5) is 10.1 Å². The Morgan fingerprint density at radius 2 is 1.90 bits per heavy atom. The van der Waals surface area contributed by atoms with Crippen LogP contribution in [0.15, 0.2) is 41.3 Å². The number of hydrogen-bond acceptors (Lipinski definition) is 4. The van der Waals surface area contributed by atoms with Crippen LogP contribution in [0, 0.1) is 5.82 Å². The summed E-state index contributed by atoms with van der Waals surface area (Å²) in [6, 6.07) is 9.29. The molecule has 2 nitrogen and oxygen atoms in total. The molecule has 0 radical (unpaired) electrons. The number of nitrogens with zero attached hydrogens (tertiary/aromatic N) is 1. The van der Waals surface area contributed by atoms with Crippen molar-refractivity contribution in [2.45, 2.75) is 0 Å². The number of carbonyl (C=O) groups excluding carboxylic acids is 1. The van der Waals surface area contributed by atoms with Crippen molar-refractivity contribution in [1.29, 1.82) is 0 Å². The number of anilines is 1. The van der Waals surface area contributed by atoms with Gasteiger partial charge < -0.3 is 0 Å². The van der Waals surface area contributed by atoms with E-state index in [0.717, 1.165) is 4.88 Å². The number of rotatable bonds is 2. The third-order valence-electron chi connectivity index (χ3n) is 2.75. The monoisotopic (exact) mass is 355 g/mol. The van der Waals surface area contributed by atoms with Gasteiger partial charge in [-0.15, -0.1) is 11.3 Å². The van der Waals surface area contributed by atoms with Crippen molar-refractivity contribution in [2.75, 3.05) is 4.90 Å². The molecule has 2 heterocycles. The van der Waals surface area contributed by atoms with E-state index in [1.807, 2.05) is 6.07 Å². The fourth-order valence-corrected chi connectivity index (χ4v) is 4.18. The van der Waals surface area contributed by atoms with Gasteiger partial charge in [-0.25, -0.2) is 4.39 Å².